The van der Waals surface area contributed by atoms with Crippen LogP contribution in [0.5, 0.6) is 0 Å². The quantitative estimate of drug-likeness (QED) is 0.704. The minimum atomic E-state index is -3.53. The number of amides is 1. The highest BCUT2D eigenvalue weighted by molar-refractivity contribution is 7.99. The van der Waals surface area contributed by atoms with Gasteiger partial charge in [0.05, 0.1) is 10.6 Å². The molecule has 1 aromatic heterocycles. The van der Waals surface area contributed by atoms with Crippen molar-refractivity contribution < 1.29 is 17.6 Å². The highest BCUT2D eigenvalue weighted by atomic mass is 32.2. The van der Waals surface area contributed by atoms with Gasteiger partial charge in [-0.15, -0.1) is 0 Å². The minimum Gasteiger partial charge on any atom is -0.431 e. The Morgan fingerprint density at radius 2 is 1.96 bits per heavy atom. The van der Waals surface area contributed by atoms with Crippen molar-refractivity contribution in [3.05, 3.63) is 18.2 Å². The maximum Gasteiger partial charge on any atom is 0.257 e. The fraction of sp³-hybridized carbons (Fsp3) is 0.556. The molecule has 1 saturated heterocycles. The summed E-state index contributed by atoms with van der Waals surface area (Å²) in [5, 5.41) is 0.370. The van der Waals surface area contributed by atoms with E-state index in [4.69, 9.17) is 4.42 Å². The fourth-order valence-corrected chi connectivity index (χ4v) is 5.06. The molecule has 0 unspecified atom stereocenters. The van der Waals surface area contributed by atoms with Crippen LogP contribution in [-0.2, 0) is 14.8 Å². The van der Waals surface area contributed by atoms with Gasteiger partial charge in [0.15, 0.2) is 5.58 Å². The summed E-state index contributed by atoms with van der Waals surface area (Å²) in [5.41, 5.74) is 0.968. The lowest BCUT2D eigenvalue weighted by Gasteiger charge is -2.39. The summed E-state index contributed by atoms with van der Waals surface area (Å²) >= 11 is 1.24. The third-order valence-electron chi connectivity index (χ3n) is 4.92. The van der Waals surface area contributed by atoms with E-state index in [0.29, 0.717) is 16.3 Å². The molecule has 2 aromatic rings. The number of hydrogen-bond donors (Lipinski definition) is 0. The number of hydrogen-bond acceptors (Lipinski definition) is 6. The van der Waals surface area contributed by atoms with Crippen LogP contribution in [0.2, 0.25) is 0 Å². The number of nitrogens with zero attached hydrogens (tertiary/aromatic N) is 3. The van der Waals surface area contributed by atoms with E-state index in [2.05, 4.69) is 18.8 Å². The van der Waals surface area contributed by atoms with Crippen molar-refractivity contribution in [2.24, 2.45) is 0 Å². The van der Waals surface area contributed by atoms with Gasteiger partial charge in [-0.25, -0.2) is 17.7 Å². The predicted octanol–water partition coefficient (Wildman–Crippen LogP) is 2.96. The van der Waals surface area contributed by atoms with Crippen molar-refractivity contribution in [1.29, 1.82) is 0 Å². The molecule has 3 rings (SSSR count). The lowest BCUT2D eigenvalue weighted by molar-refractivity contribution is -0.134. The van der Waals surface area contributed by atoms with Crippen LogP contribution >= 0.6 is 11.8 Å². The number of fused-ring (bicyclic) bond motifs is 1. The zero-order valence-corrected chi connectivity index (χ0v) is 17.6. The number of carbonyl (C=O) groups excluding carboxylic acids is 1. The first kappa shape index (κ1) is 20.2. The van der Waals surface area contributed by atoms with E-state index in [9.17, 15) is 13.2 Å². The van der Waals surface area contributed by atoms with Gasteiger partial charge >= 0.3 is 0 Å². The molecule has 7 nitrogen and oxygen atoms in total. The van der Waals surface area contributed by atoms with Crippen LogP contribution in [-0.4, -0.2) is 60.4 Å². The monoisotopic (exact) mass is 411 g/mol. The van der Waals surface area contributed by atoms with Gasteiger partial charge in [-0.3, -0.25) is 4.79 Å². The van der Waals surface area contributed by atoms with Gasteiger partial charge in [-0.2, -0.15) is 0 Å². The molecule has 2 atom stereocenters. The highest BCUT2D eigenvalue weighted by Gasteiger charge is 2.29. The maximum atomic E-state index is 12.6. The molecule has 9 heteroatoms. The second-order valence-corrected chi connectivity index (χ2v) is 10.2. The van der Waals surface area contributed by atoms with Gasteiger partial charge in [0.2, 0.25) is 15.9 Å². The van der Waals surface area contributed by atoms with Crippen LogP contribution in [0.3, 0.4) is 0 Å². The molecule has 0 N–H and O–H groups in total. The number of carbonyl (C=O) groups is 1. The van der Waals surface area contributed by atoms with Crippen molar-refractivity contribution in [2.75, 3.05) is 19.8 Å². The van der Waals surface area contributed by atoms with Crippen molar-refractivity contribution in [3.8, 4) is 0 Å². The highest BCUT2D eigenvalue weighted by Crippen LogP contribution is 2.28. The third-order valence-corrected chi connectivity index (χ3v) is 7.54. The molecule has 0 aliphatic carbocycles. The lowest BCUT2D eigenvalue weighted by atomic mass is 9.98. The Kier molecular flexibility index (Phi) is 5.83. The smallest absolute Gasteiger partial charge is 0.257 e. The van der Waals surface area contributed by atoms with Gasteiger partial charge in [-0.05, 0) is 51.3 Å². The van der Waals surface area contributed by atoms with Crippen LogP contribution < -0.4 is 0 Å². The van der Waals surface area contributed by atoms with E-state index in [0.717, 1.165) is 23.6 Å². The maximum absolute atomic E-state index is 12.6. The van der Waals surface area contributed by atoms with Crippen LogP contribution in [0.15, 0.2) is 32.7 Å². The standard InChI is InChI=1S/C18H25N3O4S2/c1-12-6-5-7-13(2)21(12)17(22)11-26-18-19-15-10-14(8-9-16(15)25-18)27(23,24)20(3)4/h8-10,12-13H,5-7,11H2,1-4H3/t12-,13+. The largest absolute Gasteiger partial charge is 0.431 e. The van der Waals surface area contributed by atoms with Crippen LogP contribution in [0, 0.1) is 0 Å². The van der Waals surface area contributed by atoms with E-state index >= 15 is 0 Å². The number of thioether (sulfide) groups is 1. The summed E-state index contributed by atoms with van der Waals surface area (Å²) in [5.74, 6) is 0.336. The van der Waals surface area contributed by atoms with Crippen LogP contribution in [0.4, 0.5) is 0 Å². The Morgan fingerprint density at radius 1 is 1.30 bits per heavy atom. The van der Waals surface area contributed by atoms with E-state index in [1.165, 1.54) is 38.0 Å². The number of oxazole rings is 1. The van der Waals surface area contributed by atoms with E-state index in [1.54, 1.807) is 6.07 Å². The summed E-state index contributed by atoms with van der Waals surface area (Å²) in [6.45, 7) is 4.18. The van der Waals surface area contributed by atoms with Crippen molar-refractivity contribution in [1.82, 2.24) is 14.2 Å². The van der Waals surface area contributed by atoms with Crippen molar-refractivity contribution in [2.45, 2.75) is 55.3 Å². The van der Waals surface area contributed by atoms with E-state index < -0.39 is 10.0 Å². The molecule has 0 bridgehead atoms. The Bertz CT molecular complexity index is 929. The van der Waals surface area contributed by atoms with Gasteiger partial charge in [0, 0.05) is 26.2 Å². The Labute approximate surface area is 164 Å². The normalized spacial score (nSPS) is 21.1. The Balaban J connectivity index is 1.73. The molecule has 1 aliphatic rings. The topological polar surface area (TPSA) is 83.7 Å². The van der Waals surface area contributed by atoms with Crippen LogP contribution in [0.1, 0.15) is 33.1 Å². The SMILES string of the molecule is C[C@@H]1CCC[C@H](C)N1C(=O)CSc1nc2cc(S(=O)(=O)N(C)C)ccc2o1. The number of benzene rings is 1. The van der Waals surface area contributed by atoms with Crippen molar-refractivity contribution in [3.63, 3.8) is 0 Å². The molecule has 148 valence electrons. The average Bonchev–Trinajstić information content (AvgIpc) is 3.01. The number of likely N-dealkylation sites (tertiary alicyclic amines) is 1. The molecule has 0 saturated carbocycles. The molecule has 0 radical (unpaired) electrons. The first-order valence-corrected chi connectivity index (χ1v) is 11.4. The van der Waals surface area contributed by atoms with Gasteiger partial charge in [0.25, 0.3) is 5.22 Å². The molecular weight excluding hydrogens is 386 g/mol. The van der Waals surface area contributed by atoms with Gasteiger partial charge in [-0.1, -0.05) is 11.8 Å². The minimum absolute atomic E-state index is 0.0813. The summed E-state index contributed by atoms with van der Waals surface area (Å²) < 4.78 is 31.3. The molecule has 1 aliphatic heterocycles. The van der Waals surface area contributed by atoms with Gasteiger partial charge < -0.3 is 9.32 Å². The molecule has 1 fully saturated rings. The Hall–Kier alpha value is -1.58. The molecular formula is C18H25N3O4S2. The lowest BCUT2D eigenvalue weighted by Crippen LogP contribution is -2.48. The molecule has 1 amide bonds. The van der Waals surface area contributed by atoms with Crippen LogP contribution in [0.25, 0.3) is 11.1 Å². The second-order valence-electron chi connectivity index (χ2n) is 7.12. The fourth-order valence-electron chi connectivity index (χ4n) is 3.43. The average molecular weight is 412 g/mol. The first-order valence-electron chi connectivity index (χ1n) is 8.97. The zero-order chi connectivity index (χ0) is 19.8. The summed E-state index contributed by atoms with van der Waals surface area (Å²) in [6.07, 6.45) is 3.22. The molecule has 1 aromatic carbocycles. The van der Waals surface area contributed by atoms with Crippen molar-refractivity contribution >= 4 is 38.8 Å². The summed E-state index contributed by atoms with van der Waals surface area (Å²) in [7, 11) is -0.560. The Morgan fingerprint density at radius 3 is 2.59 bits per heavy atom. The van der Waals surface area contributed by atoms with E-state index in [-0.39, 0.29) is 28.6 Å². The predicted molar refractivity (Wildman–Crippen MR) is 105 cm³/mol. The molecule has 0 spiro atoms. The zero-order valence-electron chi connectivity index (χ0n) is 16.0. The summed E-state index contributed by atoms with van der Waals surface area (Å²) in [6, 6.07) is 5.10. The summed E-state index contributed by atoms with van der Waals surface area (Å²) in [4.78, 5) is 19.1. The first-order chi connectivity index (χ1) is 12.7. The second kappa shape index (κ2) is 7.81. The third kappa shape index (κ3) is 4.14. The number of rotatable bonds is 5. The van der Waals surface area contributed by atoms with Gasteiger partial charge in [0.1, 0.15) is 5.52 Å². The molecule has 2 heterocycles. The number of piperidine rings is 1. The molecule has 27 heavy (non-hydrogen) atoms. The number of sulfonamides is 1. The number of aromatic nitrogens is 1. The van der Waals surface area contributed by atoms with E-state index in [1.807, 2.05) is 4.90 Å².